The Hall–Kier alpha value is -1.19. The molecule has 2 atom stereocenters. The number of rotatable bonds is 4. The van der Waals surface area contributed by atoms with Crippen molar-refractivity contribution < 1.29 is 14.4 Å². The fraction of sp³-hybridized carbons (Fsp3) is 0.824. The average molecular weight is 291 g/mol. The predicted octanol–water partition coefficient (Wildman–Crippen LogP) is 2.41. The Morgan fingerprint density at radius 1 is 1.05 bits per heavy atom. The summed E-state index contributed by atoms with van der Waals surface area (Å²) in [5, 5.41) is 0. The molecule has 1 heterocycles. The SMILES string of the molecule is CC1C(=O)N(CC2CCC(C=O)CC2)C(=O)C1C1CCC1. The average Bonchev–Trinajstić information content (AvgIpc) is 2.64. The Morgan fingerprint density at radius 3 is 2.24 bits per heavy atom. The lowest BCUT2D eigenvalue weighted by Gasteiger charge is -2.32. The van der Waals surface area contributed by atoms with Gasteiger partial charge < -0.3 is 4.79 Å². The lowest BCUT2D eigenvalue weighted by atomic mass is 9.72. The summed E-state index contributed by atoms with van der Waals surface area (Å²) < 4.78 is 0. The zero-order valence-corrected chi connectivity index (χ0v) is 12.8. The van der Waals surface area contributed by atoms with Gasteiger partial charge in [-0.25, -0.2) is 0 Å². The van der Waals surface area contributed by atoms with Crippen molar-refractivity contribution in [1.82, 2.24) is 4.90 Å². The normalized spacial score (nSPS) is 37.7. The summed E-state index contributed by atoms with van der Waals surface area (Å²) in [5.41, 5.74) is 0. The van der Waals surface area contributed by atoms with E-state index in [1.165, 1.54) is 6.42 Å². The number of nitrogens with zero attached hydrogens (tertiary/aromatic N) is 1. The van der Waals surface area contributed by atoms with Crippen LogP contribution in [0.25, 0.3) is 0 Å². The van der Waals surface area contributed by atoms with Gasteiger partial charge in [-0.3, -0.25) is 14.5 Å². The molecule has 0 N–H and O–H groups in total. The summed E-state index contributed by atoms with van der Waals surface area (Å²) in [6.07, 6.45) is 8.20. The highest BCUT2D eigenvalue weighted by Crippen LogP contribution is 2.42. The van der Waals surface area contributed by atoms with Crippen LogP contribution < -0.4 is 0 Å². The van der Waals surface area contributed by atoms with Crippen LogP contribution in [0.3, 0.4) is 0 Å². The van der Waals surface area contributed by atoms with Crippen LogP contribution in [0.2, 0.25) is 0 Å². The van der Waals surface area contributed by atoms with Gasteiger partial charge in [0.15, 0.2) is 0 Å². The molecule has 4 nitrogen and oxygen atoms in total. The molecule has 0 radical (unpaired) electrons. The Labute approximate surface area is 126 Å². The van der Waals surface area contributed by atoms with Crippen molar-refractivity contribution in [3.63, 3.8) is 0 Å². The van der Waals surface area contributed by atoms with Gasteiger partial charge >= 0.3 is 0 Å². The van der Waals surface area contributed by atoms with E-state index in [1.807, 2.05) is 6.92 Å². The maximum Gasteiger partial charge on any atom is 0.233 e. The van der Waals surface area contributed by atoms with Crippen LogP contribution in [0, 0.1) is 29.6 Å². The smallest absolute Gasteiger partial charge is 0.233 e. The van der Waals surface area contributed by atoms with Crippen LogP contribution in [-0.2, 0) is 14.4 Å². The topological polar surface area (TPSA) is 54.5 Å². The second-order valence-electron chi connectivity index (χ2n) is 7.21. The second-order valence-corrected chi connectivity index (χ2v) is 7.21. The molecule has 1 aliphatic heterocycles. The number of carbonyl (C=O) groups is 3. The Kier molecular flexibility index (Phi) is 4.14. The first-order valence-corrected chi connectivity index (χ1v) is 8.42. The lowest BCUT2D eigenvalue weighted by molar-refractivity contribution is -0.141. The van der Waals surface area contributed by atoms with E-state index >= 15 is 0 Å². The lowest BCUT2D eigenvalue weighted by Crippen LogP contribution is -2.38. The minimum Gasteiger partial charge on any atom is -0.303 e. The molecule has 2 saturated carbocycles. The van der Waals surface area contributed by atoms with E-state index < -0.39 is 0 Å². The largest absolute Gasteiger partial charge is 0.303 e. The number of aldehydes is 1. The molecule has 2 amide bonds. The van der Waals surface area contributed by atoms with E-state index in [9.17, 15) is 14.4 Å². The Bertz CT molecular complexity index is 435. The van der Waals surface area contributed by atoms with Crippen LogP contribution >= 0.6 is 0 Å². The first kappa shape index (κ1) is 14.7. The molecule has 0 spiro atoms. The number of imide groups is 1. The summed E-state index contributed by atoms with van der Waals surface area (Å²) in [5.74, 6) is 0.942. The third kappa shape index (κ3) is 2.65. The summed E-state index contributed by atoms with van der Waals surface area (Å²) >= 11 is 0. The van der Waals surface area contributed by atoms with Crippen molar-refractivity contribution in [3.8, 4) is 0 Å². The maximum absolute atomic E-state index is 12.6. The molecule has 2 unspecified atom stereocenters. The summed E-state index contributed by atoms with van der Waals surface area (Å²) in [6, 6.07) is 0. The quantitative estimate of drug-likeness (QED) is 0.590. The molecule has 3 rings (SSSR count). The highest BCUT2D eigenvalue weighted by Gasteiger charge is 2.50. The molecule has 0 aromatic heterocycles. The van der Waals surface area contributed by atoms with Gasteiger partial charge in [-0.2, -0.15) is 0 Å². The molecule has 4 heteroatoms. The molecule has 116 valence electrons. The highest BCUT2D eigenvalue weighted by atomic mass is 16.2. The third-order valence-corrected chi connectivity index (χ3v) is 5.93. The van der Waals surface area contributed by atoms with Gasteiger partial charge in [-0.1, -0.05) is 13.3 Å². The van der Waals surface area contributed by atoms with Gasteiger partial charge in [0, 0.05) is 18.4 Å². The molecule has 0 aromatic rings. The molecule has 1 saturated heterocycles. The minimum atomic E-state index is -0.130. The second kappa shape index (κ2) is 5.90. The number of hydrogen-bond donors (Lipinski definition) is 0. The van der Waals surface area contributed by atoms with E-state index in [-0.39, 0.29) is 29.6 Å². The summed E-state index contributed by atoms with van der Waals surface area (Å²) in [4.78, 5) is 37.4. The van der Waals surface area contributed by atoms with Crippen LogP contribution in [0.1, 0.15) is 51.9 Å². The number of amides is 2. The minimum absolute atomic E-state index is 0.0365. The Morgan fingerprint density at radius 2 is 1.71 bits per heavy atom. The van der Waals surface area contributed by atoms with E-state index in [1.54, 1.807) is 4.90 Å². The van der Waals surface area contributed by atoms with Crippen LogP contribution in [0.5, 0.6) is 0 Å². The zero-order chi connectivity index (χ0) is 15.0. The Balaban J connectivity index is 1.61. The van der Waals surface area contributed by atoms with E-state index in [4.69, 9.17) is 0 Å². The fourth-order valence-electron chi connectivity index (χ4n) is 4.26. The van der Waals surface area contributed by atoms with Crippen LogP contribution in [-0.4, -0.2) is 29.5 Å². The van der Waals surface area contributed by atoms with Gasteiger partial charge in [0.1, 0.15) is 6.29 Å². The predicted molar refractivity (Wildman–Crippen MR) is 78.2 cm³/mol. The van der Waals surface area contributed by atoms with Crippen molar-refractivity contribution >= 4 is 18.1 Å². The standard InChI is InChI=1S/C17H25NO3/c1-11-15(14-3-2-4-14)17(21)18(16(11)20)9-12-5-7-13(10-19)8-6-12/h10-15H,2-9H2,1H3. The molecule has 0 aromatic carbocycles. The monoisotopic (exact) mass is 291 g/mol. The third-order valence-electron chi connectivity index (χ3n) is 5.93. The number of hydrogen-bond acceptors (Lipinski definition) is 3. The summed E-state index contributed by atoms with van der Waals surface area (Å²) in [7, 11) is 0. The van der Waals surface area contributed by atoms with Gasteiger partial charge in [-0.05, 0) is 50.4 Å². The van der Waals surface area contributed by atoms with Crippen molar-refractivity contribution in [2.24, 2.45) is 29.6 Å². The molecule has 2 aliphatic carbocycles. The van der Waals surface area contributed by atoms with Gasteiger partial charge in [0.05, 0.1) is 5.92 Å². The van der Waals surface area contributed by atoms with Crippen molar-refractivity contribution in [3.05, 3.63) is 0 Å². The molecule has 0 bridgehead atoms. The zero-order valence-electron chi connectivity index (χ0n) is 12.8. The van der Waals surface area contributed by atoms with E-state index in [0.29, 0.717) is 18.4 Å². The fourth-order valence-corrected chi connectivity index (χ4v) is 4.26. The first-order chi connectivity index (χ1) is 10.1. The maximum atomic E-state index is 12.6. The summed E-state index contributed by atoms with van der Waals surface area (Å²) in [6.45, 7) is 2.50. The number of carbonyl (C=O) groups excluding carboxylic acids is 3. The van der Waals surface area contributed by atoms with Gasteiger partial charge in [0.25, 0.3) is 0 Å². The van der Waals surface area contributed by atoms with Gasteiger partial charge in [-0.15, -0.1) is 0 Å². The molecule has 21 heavy (non-hydrogen) atoms. The van der Waals surface area contributed by atoms with Gasteiger partial charge in [0.2, 0.25) is 11.8 Å². The highest BCUT2D eigenvalue weighted by molar-refractivity contribution is 6.05. The number of likely N-dealkylation sites (tertiary alicyclic amines) is 1. The molecular weight excluding hydrogens is 266 g/mol. The van der Waals surface area contributed by atoms with E-state index in [0.717, 1.165) is 44.8 Å². The molecular formula is C17H25NO3. The first-order valence-electron chi connectivity index (χ1n) is 8.42. The van der Waals surface area contributed by atoms with Crippen molar-refractivity contribution in [1.29, 1.82) is 0 Å². The van der Waals surface area contributed by atoms with E-state index in [2.05, 4.69) is 0 Å². The van der Waals surface area contributed by atoms with Crippen LogP contribution in [0.15, 0.2) is 0 Å². The van der Waals surface area contributed by atoms with Crippen LogP contribution in [0.4, 0.5) is 0 Å². The van der Waals surface area contributed by atoms with Crippen molar-refractivity contribution in [2.75, 3.05) is 6.54 Å². The molecule has 3 fully saturated rings. The van der Waals surface area contributed by atoms with Crippen molar-refractivity contribution in [2.45, 2.75) is 51.9 Å². The molecule has 3 aliphatic rings.